The Morgan fingerprint density at radius 1 is 1.28 bits per heavy atom. The van der Waals surface area contributed by atoms with E-state index in [0.717, 1.165) is 6.42 Å². The number of hydrogen-bond donors (Lipinski definition) is 0. The van der Waals surface area contributed by atoms with E-state index in [2.05, 4.69) is 4.98 Å². The lowest BCUT2D eigenvalue weighted by molar-refractivity contribution is -0.144. The molecule has 7 nitrogen and oxygen atoms in total. The first kappa shape index (κ1) is 19.3. The number of nitrogens with zero attached hydrogens (tertiary/aromatic N) is 3. The number of aromatic nitrogens is 1. The molecule has 29 heavy (non-hydrogen) atoms. The van der Waals surface area contributed by atoms with Crippen molar-refractivity contribution in [3.8, 4) is 5.88 Å². The number of halogens is 1. The van der Waals surface area contributed by atoms with Crippen LogP contribution in [0, 0.1) is 5.82 Å². The van der Waals surface area contributed by atoms with Gasteiger partial charge in [-0.15, -0.1) is 0 Å². The highest BCUT2D eigenvalue weighted by Gasteiger charge is 2.44. The lowest BCUT2D eigenvalue weighted by Crippen LogP contribution is -2.62. The number of likely N-dealkylation sites (tertiary alicyclic amines) is 1. The van der Waals surface area contributed by atoms with Crippen LogP contribution in [-0.4, -0.2) is 60.7 Å². The average molecular weight is 399 g/mol. The molecular weight excluding hydrogens is 377 g/mol. The molecule has 2 saturated heterocycles. The van der Waals surface area contributed by atoms with Crippen LogP contribution in [0.3, 0.4) is 0 Å². The van der Waals surface area contributed by atoms with Crippen LogP contribution in [-0.2, 0) is 9.53 Å². The van der Waals surface area contributed by atoms with Gasteiger partial charge in [0.1, 0.15) is 23.6 Å². The molecular formula is C21H22FN3O4. The molecule has 1 aromatic heterocycles. The number of pyridine rings is 1. The summed E-state index contributed by atoms with van der Waals surface area (Å²) in [5.41, 5.74) is 0.194. The zero-order valence-corrected chi connectivity index (χ0v) is 16.1. The monoisotopic (exact) mass is 399 g/mol. The second-order valence-corrected chi connectivity index (χ2v) is 7.32. The van der Waals surface area contributed by atoms with Crippen molar-refractivity contribution < 1.29 is 23.5 Å². The molecule has 4 rings (SSSR count). The van der Waals surface area contributed by atoms with Gasteiger partial charge in [0.05, 0.1) is 20.2 Å². The molecule has 2 aliphatic rings. The Balaban J connectivity index is 1.56. The zero-order chi connectivity index (χ0) is 20.4. The summed E-state index contributed by atoms with van der Waals surface area (Å²) >= 11 is 0. The molecule has 0 N–H and O–H groups in total. The van der Waals surface area contributed by atoms with E-state index in [1.54, 1.807) is 40.3 Å². The summed E-state index contributed by atoms with van der Waals surface area (Å²) in [6.45, 7) is 1.08. The Hall–Kier alpha value is -3.00. The third-order valence-electron chi connectivity index (χ3n) is 5.39. The predicted molar refractivity (Wildman–Crippen MR) is 103 cm³/mol. The fourth-order valence-electron chi connectivity index (χ4n) is 4.00. The number of rotatable bonds is 3. The molecule has 1 unspecified atom stereocenters. The molecule has 3 heterocycles. The maximum absolute atomic E-state index is 13.7. The van der Waals surface area contributed by atoms with Gasteiger partial charge in [0, 0.05) is 18.4 Å². The second-order valence-electron chi connectivity index (χ2n) is 7.32. The van der Waals surface area contributed by atoms with E-state index in [0.29, 0.717) is 30.8 Å². The SMILES string of the molecule is COc1ncccc1C(=O)N1CCCC2(C1)CN(c1cccc(F)c1)C(=O)CO2. The van der Waals surface area contributed by atoms with Gasteiger partial charge in [-0.1, -0.05) is 6.07 Å². The number of anilines is 1. The first-order valence-electron chi connectivity index (χ1n) is 9.49. The largest absolute Gasteiger partial charge is 0.480 e. The van der Waals surface area contributed by atoms with E-state index in [4.69, 9.17) is 9.47 Å². The quantitative estimate of drug-likeness (QED) is 0.792. The molecule has 2 amide bonds. The second kappa shape index (κ2) is 7.79. The molecule has 152 valence electrons. The summed E-state index contributed by atoms with van der Waals surface area (Å²) in [5.74, 6) is -0.538. The topological polar surface area (TPSA) is 72.0 Å². The summed E-state index contributed by atoms with van der Waals surface area (Å²) < 4.78 is 24.8. The number of benzene rings is 1. The molecule has 8 heteroatoms. The highest BCUT2D eigenvalue weighted by atomic mass is 19.1. The van der Waals surface area contributed by atoms with Crippen LogP contribution in [0.5, 0.6) is 5.88 Å². The molecule has 1 atom stereocenters. The Morgan fingerprint density at radius 2 is 2.14 bits per heavy atom. The fraction of sp³-hybridized carbons (Fsp3) is 0.381. The van der Waals surface area contributed by atoms with Crippen LogP contribution >= 0.6 is 0 Å². The van der Waals surface area contributed by atoms with E-state index in [1.165, 1.54) is 19.2 Å². The number of carbonyl (C=O) groups excluding carboxylic acids is 2. The number of piperidine rings is 1. The molecule has 0 aliphatic carbocycles. The van der Waals surface area contributed by atoms with Gasteiger partial charge < -0.3 is 19.3 Å². The van der Waals surface area contributed by atoms with Crippen molar-refractivity contribution in [3.63, 3.8) is 0 Å². The van der Waals surface area contributed by atoms with Gasteiger partial charge >= 0.3 is 0 Å². The van der Waals surface area contributed by atoms with Gasteiger partial charge in [-0.05, 0) is 43.2 Å². The van der Waals surface area contributed by atoms with Crippen molar-refractivity contribution in [1.29, 1.82) is 0 Å². The number of ether oxygens (including phenoxy) is 2. The summed E-state index contributed by atoms with van der Waals surface area (Å²) in [6, 6.07) is 9.32. The van der Waals surface area contributed by atoms with E-state index in [1.807, 2.05) is 0 Å². The van der Waals surface area contributed by atoms with Crippen LogP contribution in [0.1, 0.15) is 23.2 Å². The summed E-state index contributed by atoms with van der Waals surface area (Å²) in [5, 5.41) is 0. The van der Waals surface area contributed by atoms with Crippen LogP contribution in [0.15, 0.2) is 42.6 Å². The number of amides is 2. The molecule has 2 fully saturated rings. The van der Waals surface area contributed by atoms with Gasteiger partial charge in [-0.25, -0.2) is 9.37 Å². The number of hydrogen-bond acceptors (Lipinski definition) is 5. The van der Waals surface area contributed by atoms with Crippen LogP contribution in [0.25, 0.3) is 0 Å². The molecule has 0 bridgehead atoms. The average Bonchev–Trinajstić information content (AvgIpc) is 2.75. The standard InChI is InChI=1S/C21H22FN3O4/c1-28-19-17(7-3-9-23-19)20(27)24-10-4-8-21(13-24)14-25(18(26)12-29-21)16-6-2-5-15(22)11-16/h2-3,5-7,9,11H,4,8,10,12-14H2,1H3. The fourth-order valence-corrected chi connectivity index (χ4v) is 4.00. The summed E-state index contributed by atoms with van der Waals surface area (Å²) in [4.78, 5) is 32.9. The Morgan fingerprint density at radius 3 is 2.93 bits per heavy atom. The lowest BCUT2D eigenvalue weighted by atomic mass is 9.90. The summed E-state index contributed by atoms with van der Waals surface area (Å²) in [7, 11) is 1.48. The first-order valence-corrected chi connectivity index (χ1v) is 9.49. The van der Waals surface area contributed by atoms with Crippen molar-refractivity contribution in [2.24, 2.45) is 0 Å². The number of methoxy groups -OCH3 is 1. The zero-order valence-electron chi connectivity index (χ0n) is 16.1. The molecule has 2 aliphatic heterocycles. The minimum atomic E-state index is -0.691. The summed E-state index contributed by atoms with van der Waals surface area (Å²) in [6.07, 6.45) is 3.01. The highest BCUT2D eigenvalue weighted by molar-refractivity contribution is 5.97. The van der Waals surface area contributed by atoms with Gasteiger partial charge in [0.2, 0.25) is 5.88 Å². The van der Waals surface area contributed by atoms with Crippen molar-refractivity contribution in [2.45, 2.75) is 18.4 Å². The normalized spacial score (nSPS) is 22.1. The maximum atomic E-state index is 13.7. The Kier molecular flexibility index (Phi) is 5.19. The minimum absolute atomic E-state index is 0.102. The molecule has 2 aromatic rings. The van der Waals surface area contributed by atoms with Crippen LogP contribution in [0.2, 0.25) is 0 Å². The first-order chi connectivity index (χ1) is 14.0. The van der Waals surface area contributed by atoms with Gasteiger partial charge in [-0.3, -0.25) is 9.59 Å². The van der Waals surface area contributed by atoms with Crippen molar-refractivity contribution in [3.05, 3.63) is 54.0 Å². The van der Waals surface area contributed by atoms with Gasteiger partial charge in [-0.2, -0.15) is 0 Å². The lowest BCUT2D eigenvalue weighted by Gasteiger charge is -2.47. The number of morpholine rings is 1. The van der Waals surface area contributed by atoms with E-state index in [-0.39, 0.29) is 30.8 Å². The van der Waals surface area contributed by atoms with E-state index < -0.39 is 11.4 Å². The van der Waals surface area contributed by atoms with Crippen molar-refractivity contribution in [1.82, 2.24) is 9.88 Å². The minimum Gasteiger partial charge on any atom is -0.480 e. The Bertz CT molecular complexity index is 938. The third kappa shape index (κ3) is 3.80. The van der Waals surface area contributed by atoms with Crippen LogP contribution in [0.4, 0.5) is 10.1 Å². The third-order valence-corrected chi connectivity index (χ3v) is 5.39. The van der Waals surface area contributed by atoms with Crippen molar-refractivity contribution in [2.75, 3.05) is 38.3 Å². The smallest absolute Gasteiger partial charge is 0.259 e. The van der Waals surface area contributed by atoms with Crippen molar-refractivity contribution >= 4 is 17.5 Å². The van der Waals surface area contributed by atoms with E-state index in [9.17, 15) is 14.0 Å². The highest BCUT2D eigenvalue weighted by Crippen LogP contribution is 2.33. The molecule has 1 aromatic carbocycles. The van der Waals surface area contributed by atoms with Gasteiger partial charge in [0.15, 0.2) is 0 Å². The molecule has 0 saturated carbocycles. The Labute approximate surface area is 168 Å². The van der Waals surface area contributed by atoms with Crippen LogP contribution < -0.4 is 9.64 Å². The predicted octanol–water partition coefficient (Wildman–Crippen LogP) is 2.27. The molecule has 1 spiro atoms. The number of carbonyl (C=O) groups is 2. The molecule has 0 radical (unpaired) electrons. The van der Waals surface area contributed by atoms with E-state index >= 15 is 0 Å². The maximum Gasteiger partial charge on any atom is 0.259 e. The van der Waals surface area contributed by atoms with Gasteiger partial charge in [0.25, 0.3) is 11.8 Å².